The number of halogens is 2. The van der Waals surface area contributed by atoms with Crippen molar-refractivity contribution in [2.45, 2.75) is 6.54 Å². The van der Waals surface area contributed by atoms with E-state index in [0.29, 0.717) is 5.82 Å². The zero-order chi connectivity index (χ0) is 15.0. The molecule has 3 rings (SSSR count). The van der Waals surface area contributed by atoms with Crippen molar-refractivity contribution >= 4 is 48.9 Å². The standard InChI is InChI=1S/C15H10Br2N2O2/c16-9-5-6-10(11(17)7-9)15-18-12-3-1-2-4-13(12)19(15)8-14(20)21/h1-7H,8H2,(H,20,21). The van der Waals surface area contributed by atoms with Crippen LogP contribution in [-0.2, 0) is 11.3 Å². The fourth-order valence-corrected chi connectivity index (χ4v) is 3.47. The normalized spacial score (nSPS) is 11.0. The number of benzene rings is 2. The van der Waals surface area contributed by atoms with Crippen molar-refractivity contribution in [1.29, 1.82) is 0 Å². The number of imidazole rings is 1. The smallest absolute Gasteiger partial charge is 0.323 e. The highest BCUT2D eigenvalue weighted by Gasteiger charge is 2.16. The van der Waals surface area contributed by atoms with Crippen molar-refractivity contribution in [3.05, 3.63) is 51.4 Å². The first-order valence-electron chi connectivity index (χ1n) is 6.19. The van der Waals surface area contributed by atoms with Crippen molar-refractivity contribution in [2.75, 3.05) is 0 Å². The van der Waals surface area contributed by atoms with E-state index in [0.717, 1.165) is 25.5 Å². The molecule has 0 aliphatic rings. The number of hydrogen-bond donors (Lipinski definition) is 1. The molecule has 0 unspecified atom stereocenters. The monoisotopic (exact) mass is 408 g/mol. The fourth-order valence-electron chi connectivity index (χ4n) is 2.25. The second kappa shape index (κ2) is 5.61. The second-order valence-corrected chi connectivity index (χ2v) is 6.30. The first-order valence-corrected chi connectivity index (χ1v) is 7.77. The molecule has 0 amide bonds. The van der Waals surface area contributed by atoms with Crippen LogP contribution in [0.4, 0.5) is 0 Å². The van der Waals surface area contributed by atoms with Crippen LogP contribution in [0, 0.1) is 0 Å². The minimum Gasteiger partial charge on any atom is -0.480 e. The molecule has 1 N–H and O–H groups in total. The van der Waals surface area contributed by atoms with Crippen LogP contribution in [0.1, 0.15) is 0 Å². The summed E-state index contributed by atoms with van der Waals surface area (Å²) in [5, 5.41) is 9.16. The maximum Gasteiger partial charge on any atom is 0.323 e. The molecule has 21 heavy (non-hydrogen) atoms. The van der Waals surface area contributed by atoms with Crippen molar-refractivity contribution in [3.8, 4) is 11.4 Å². The summed E-state index contributed by atoms with van der Waals surface area (Å²) in [6.45, 7) is -0.127. The summed E-state index contributed by atoms with van der Waals surface area (Å²) < 4.78 is 3.52. The zero-order valence-corrected chi connectivity index (χ0v) is 13.9. The molecule has 2 aromatic carbocycles. The van der Waals surface area contributed by atoms with Crippen molar-refractivity contribution < 1.29 is 9.90 Å². The molecule has 6 heteroatoms. The van der Waals surface area contributed by atoms with Crippen molar-refractivity contribution in [3.63, 3.8) is 0 Å². The Morgan fingerprint density at radius 3 is 2.67 bits per heavy atom. The van der Waals surface area contributed by atoms with Gasteiger partial charge in [-0.05, 0) is 46.3 Å². The summed E-state index contributed by atoms with van der Waals surface area (Å²) in [7, 11) is 0. The molecule has 4 nitrogen and oxygen atoms in total. The third-order valence-electron chi connectivity index (χ3n) is 3.12. The number of aliphatic carboxylic acids is 1. The number of aromatic nitrogens is 2. The van der Waals surface area contributed by atoms with E-state index in [9.17, 15) is 4.79 Å². The molecular formula is C15H10Br2N2O2. The van der Waals surface area contributed by atoms with Crippen molar-refractivity contribution in [1.82, 2.24) is 9.55 Å². The molecule has 0 spiro atoms. The molecule has 0 aliphatic carbocycles. The number of fused-ring (bicyclic) bond motifs is 1. The van der Waals surface area contributed by atoms with E-state index in [2.05, 4.69) is 36.8 Å². The Labute approximate surface area is 137 Å². The van der Waals surface area contributed by atoms with Gasteiger partial charge >= 0.3 is 5.97 Å². The SMILES string of the molecule is O=C(O)Cn1c(-c2ccc(Br)cc2Br)nc2ccccc21. The highest BCUT2D eigenvalue weighted by molar-refractivity contribution is 9.11. The molecular weight excluding hydrogens is 400 g/mol. The Hall–Kier alpha value is -1.66. The fraction of sp³-hybridized carbons (Fsp3) is 0.0667. The van der Waals surface area contributed by atoms with Gasteiger partial charge in [0.25, 0.3) is 0 Å². The predicted molar refractivity (Wildman–Crippen MR) is 88.2 cm³/mol. The van der Waals surface area contributed by atoms with E-state index in [1.165, 1.54) is 0 Å². The number of carbonyl (C=O) groups is 1. The van der Waals surface area contributed by atoms with Crippen molar-refractivity contribution in [2.24, 2.45) is 0 Å². The van der Waals surface area contributed by atoms with Gasteiger partial charge in [-0.3, -0.25) is 4.79 Å². The largest absolute Gasteiger partial charge is 0.480 e. The molecule has 1 heterocycles. The lowest BCUT2D eigenvalue weighted by Crippen LogP contribution is -2.10. The lowest BCUT2D eigenvalue weighted by atomic mass is 10.2. The molecule has 0 saturated heterocycles. The minimum atomic E-state index is -0.896. The van der Waals surface area contributed by atoms with E-state index in [4.69, 9.17) is 5.11 Å². The topological polar surface area (TPSA) is 55.1 Å². The lowest BCUT2D eigenvalue weighted by molar-refractivity contribution is -0.137. The summed E-state index contributed by atoms with van der Waals surface area (Å²) in [6.07, 6.45) is 0. The van der Waals surface area contributed by atoms with Crippen LogP contribution in [0.5, 0.6) is 0 Å². The van der Waals surface area contributed by atoms with E-state index < -0.39 is 5.97 Å². The van der Waals surface area contributed by atoms with Gasteiger partial charge in [0.1, 0.15) is 12.4 Å². The summed E-state index contributed by atoms with van der Waals surface area (Å²) in [6, 6.07) is 13.3. The van der Waals surface area contributed by atoms with E-state index in [1.54, 1.807) is 4.57 Å². The lowest BCUT2D eigenvalue weighted by Gasteiger charge is -2.08. The molecule has 0 saturated carbocycles. The molecule has 0 bridgehead atoms. The highest BCUT2D eigenvalue weighted by Crippen LogP contribution is 2.32. The van der Waals surface area contributed by atoms with Crippen LogP contribution in [0.2, 0.25) is 0 Å². The Morgan fingerprint density at radius 1 is 1.19 bits per heavy atom. The Bertz CT molecular complexity index is 843. The van der Waals surface area contributed by atoms with Gasteiger partial charge in [-0.15, -0.1) is 0 Å². The summed E-state index contributed by atoms with van der Waals surface area (Å²) >= 11 is 6.92. The van der Waals surface area contributed by atoms with Crippen LogP contribution >= 0.6 is 31.9 Å². The number of hydrogen-bond acceptors (Lipinski definition) is 2. The van der Waals surface area contributed by atoms with Gasteiger partial charge in [-0.25, -0.2) is 4.98 Å². The van der Waals surface area contributed by atoms with E-state index >= 15 is 0 Å². The van der Waals surface area contributed by atoms with Gasteiger partial charge in [0, 0.05) is 14.5 Å². The summed E-state index contributed by atoms with van der Waals surface area (Å²) in [4.78, 5) is 15.7. The van der Waals surface area contributed by atoms with Gasteiger partial charge in [0.2, 0.25) is 0 Å². The average molecular weight is 410 g/mol. The van der Waals surface area contributed by atoms with Gasteiger partial charge in [-0.2, -0.15) is 0 Å². The molecule has 0 fully saturated rings. The molecule has 0 radical (unpaired) electrons. The number of para-hydroxylation sites is 2. The highest BCUT2D eigenvalue weighted by atomic mass is 79.9. The first kappa shape index (κ1) is 14.3. The Morgan fingerprint density at radius 2 is 1.95 bits per heavy atom. The van der Waals surface area contributed by atoms with Gasteiger partial charge in [0.05, 0.1) is 11.0 Å². The molecule has 106 valence electrons. The quantitative estimate of drug-likeness (QED) is 0.701. The second-order valence-electron chi connectivity index (χ2n) is 4.53. The van der Waals surface area contributed by atoms with Crippen LogP contribution in [-0.4, -0.2) is 20.6 Å². The zero-order valence-electron chi connectivity index (χ0n) is 10.8. The number of carboxylic acids is 1. The van der Waals surface area contributed by atoms with Gasteiger partial charge in [0.15, 0.2) is 0 Å². The van der Waals surface area contributed by atoms with Crippen LogP contribution < -0.4 is 0 Å². The molecule has 0 aliphatic heterocycles. The summed E-state index contributed by atoms with van der Waals surface area (Å²) in [5.41, 5.74) is 2.45. The van der Waals surface area contributed by atoms with Gasteiger partial charge in [-0.1, -0.05) is 28.1 Å². The Balaban J connectivity index is 2.28. The Kier molecular flexibility index (Phi) is 3.82. The predicted octanol–water partition coefficient (Wildman–Crippen LogP) is 4.31. The van der Waals surface area contributed by atoms with E-state index in [-0.39, 0.29) is 6.54 Å². The minimum absolute atomic E-state index is 0.127. The van der Waals surface area contributed by atoms with Crippen LogP contribution in [0.3, 0.4) is 0 Å². The van der Waals surface area contributed by atoms with Crippen LogP contribution in [0.15, 0.2) is 51.4 Å². The third-order valence-corrected chi connectivity index (χ3v) is 4.27. The van der Waals surface area contributed by atoms with Crippen LogP contribution in [0.25, 0.3) is 22.4 Å². The third kappa shape index (κ3) is 2.73. The average Bonchev–Trinajstić information content (AvgIpc) is 2.77. The number of rotatable bonds is 3. The summed E-state index contributed by atoms with van der Waals surface area (Å²) in [5.74, 6) is -0.259. The molecule has 0 atom stereocenters. The molecule has 3 aromatic rings. The van der Waals surface area contributed by atoms with Gasteiger partial charge < -0.3 is 9.67 Å². The number of nitrogens with zero attached hydrogens (tertiary/aromatic N) is 2. The molecule has 1 aromatic heterocycles. The maximum absolute atomic E-state index is 11.2. The first-order chi connectivity index (χ1) is 10.1. The number of carboxylic acid groups (broad SMARTS) is 1. The maximum atomic E-state index is 11.2. The van der Waals surface area contributed by atoms with E-state index in [1.807, 2.05) is 42.5 Å².